The maximum atomic E-state index is 10.6. The van der Waals surface area contributed by atoms with E-state index >= 15 is 0 Å². The molecular formula is C9H18O8S. The van der Waals surface area contributed by atoms with Crippen LogP contribution >= 0.6 is 0 Å². The Morgan fingerprint density at radius 3 is 2.50 bits per heavy atom. The molecule has 0 spiro atoms. The summed E-state index contributed by atoms with van der Waals surface area (Å²) in [7, 11) is -4.69. The first-order chi connectivity index (χ1) is 8.23. The number of hydrogen-bond acceptors (Lipinski definition) is 7. The van der Waals surface area contributed by atoms with E-state index in [0.717, 1.165) is 0 Å². The van der Waals surface area contributed by atoms with Crippen LogP contribution in [0, 0.1) is 0 Å². The van der Waals surface area contributed by atoms with Crippen molar-refractivity contribution in [1.82, 2.24) is 0 Å². The van der Waals surface area contributed by atoms with Gasteiger partial charge in [0.2, 0.25) is 0 Å². The van der Waals surface area contributed by atoms with Gasteiger partial charge in [0.15, 0.2) is 6.29 Å². The Kier molecular flexibility index (Phi) is 5.46. The second kappa shape index (κ2) is 6.24. The van der Waals surface area contributed by atoms with E-state index in [-0.39, 0.29) is 12.5 Å². The van der Waals surface area contributed by atoms with Gasteiger partial charge in [-0.15, -0.1) is 0 Å². The molecule has 1 fully saturated rings. The first-order valence-electron chi connectivity index (χ1n) is 5.48. The lowest BCUT2D eigenvalue weighted by Gasteiger charge is -2.37. The Hall–Kier alpha value is -0.290. The van der Waals surface area contributed by atoms with Crippen LogP contribution in [-0.2, 0) is 24.1 Å². The summed E-state index contributed by atoms with van der Waals surface area (Å²) in [4.78, 5) is 0. The smallest absolute Gasteiger partial charge is 0.394 e. The van der Waals surface area contributed by atoms with E-state index in [1.165, 1.54) is 0 Å². The van der Waals surface area contributed by atoms with Gasteiger partial charge in [-0.25, -0.2) is 4.18 Å². The fourth-order valence-corrected chi connectivity index (χ4v) is 2.20. The molecule has 8 nitrogen and oxygen atoms in total. The number of hydrogen-bond donors (Lipinski definition) is 3. The number of rotatable bonds is 5. The van der Waals surface area contributed by atoms with Crippen LogP contribution in [0.3, 0.4) is 0 Å². The molecule has 4 atom stereocenters. The molecule has 0 radical (unpaired) electrons. The van der Waals surface area contributed by atoms with E-state index in [2.05, 4.69) is 4.18 Å². The SMILES string of the molecule is CC(C)O[C@H]1C[C@@H](OS(=O)(=O)O)[C@@H](O)[C@@H](CO)O1. The molecule has 1 aliphatic rings. The molecule has 0 amide bonds. The third-order valence-corrected chi connectivity index (χ3v) is 2.85. The van der Waals surface area contributed by atoms with Gasteiger partial charge in [0.25, 0.3) is 0 Å². The van der Waals surface area contributed by atoms with Crippen molar-refractivity contribution in [3.05, 3.63) is 0 Å². The van der Waals surface area contributed by atoms with E-state index < -0.39 is 41.6 Å². The lowest BCUT2D eigenvalue weighted by atomic mass is 10.0. The van der Waals surface area contributed by atoms with E-state index in [4.69, 9.17) is 19.1 Å². The highest BCUT2D eigenvalue weighted by molar-refractivity contribution is 7.80. The largest absolute Gasteiger partial charge is 0.397 e. The van der Waals surface area contributed by atoms with Crippen LogP contribution in [-0.4, -0.2) is 60.5 Å². The Morgan fingerprint density at radius 2 is 2.06 bits per heavy atom. The van der Waals surface area contributed by atoms with Gasteiger partial charge >= 0.3 is 10.4 Å². The summed E-state index contributed by atoms with van der Waals surface area (Å²) in [6.07, 6.45) is -4.71. The Labute approximate surface area is 105 Å². The Bertz CT molecular complexity index is 354. The van der Waals surface area contributed by atoms with E-state index in [0.29, 0.717) is 0 Å². The summed E-state index contributed by atoms with van der Waals surface area (Å²) in [6.45, 7) is 2.98. The number of aliphatic hydroxyl groups excluding tert-OH is 2. The summed E-state index contributed by atoms with van der Waals surface area (Å²) in [5.41, 5.74) is 0. The van der Waals surface area contributed by atoms with Crippen molar-refractivity contribution in [2.24, 2.45) is 0 Å². The average molecular weight is 286 g/mol. The van der Waals surface area contributed by atoms with Gasteiger partial charge in [0, 0.05) is 6.42 Å². The minimum absolute atomic E-state index is 0.0738. The van der Waals surface area contributed by atoms with Crippen molar-refractivity contribution in [2.45, 2.75) is 51.0 Å². The molecule has 0 aromatic heterocycles. The second-order valence-corrected chi connectivity index (χ2v) is 5.31. The highest BCUT2D eigenvalue weighted by atomic mass is 32.3. The predicted octanol–water partition coefficient (Wildman–Crippen LogP) is -0.932. The molecule has 3 N–H and O–H groups in total. The number of aliphatic hydroxyl groups is 2. The van der Waals surface area contributed by atoms with Crippen molar-refractivity contribution in [1.29, 1.82) is 0 Å². The molecule has 1 rings (SSSR count). The zero-order valence-electron chi connectivity index (χ0n) is 10.1. The van der Waals surface area contributed by atoms with Crippen LogP contribution < -0.4 is 0 Å². The molecule has 1 heterocycles. The molecule has 9 heteroatoms. The van der Waals surface area contributed by atoms with Crippen LogP contribution in [0.1, 0.15) is 20.3 Å². The standard InChI is InChI=1S/C9H18O8S/c1-5(2)15-8-3-6(17-18(12,13)14)9(11)7(4-10)16-8/h5-11H,3-4H2,1-2H3,(H,12,13,14)/t6-,7-,8-,9-/m1/s1. The van der Waals surface area contributed by atoms with E-state index in [9.17, 15) is 13.5 Å². The van der Waals surface area contributed by atoms with Crippen LogP contribution in [0.5, 0.6) is 0 Å². The lowest BCUT2D eigenvalue weighted by molar-refractivity contribution is -0.262. The van der Waals surface area contributed by atoms with Gasteiger partial charge in [-0.1, -0.05) is 0 Å². The van der Waals surface area contributed by atoms with Crippen molar-refractivity contribution >= 4 is 10.4 Å². The molecular weight excluding hydrogens is 268 g/mol. The summed E-state index contributed by atoms with van der Waals surface area (Å²) >= 11 is 0. The maximum Gasteiger partial charge on any atom is 0.397 e. The van der Waals surface area contributed by atoms with E-state index in [1.807, 2.05) is 0 Å². The topological polar surface area (TPSA) is 123 Å². The van der Waals surface area contributed by atoms with Crippen LogP contribution in [0.25, 0.3) is 0 Å². The summed E-state index contributed by atoms with van der Waals surface area (Å²) in [6, 6.07) is 0. The normalized spacial score (nSPS) is 33.9. The zero-order valence-corrected chi connectivity index (χ0v) is 10.9. The molecule has 1 saturated heterocycles. The highest BCUT2D eigenvalue weighted by Crippen LogP contribution is 2.25. The molecule has 0 aromatic carbocycles. The molecule has 0 saturated carbocycles. The minimum Gasteiger partial charge on any atom is -0.394 e. The first-order valence-corrected chi connectivity index (χ1v) is 6.85. The molecule has 0 bridgehead atoms. The third-order valence-electron chi connectivity index (χ3n) is 2.36. The summed E-state index contributed by atoms with van der Waals surface area (Å²) in [5, 5.41) is 18.7. The molecule has 108 valence electrons. The van der Waals surface area contributed by atoms with E-state index in [1.54, 1.807) is 13.8 Å². The first kappa shape index (κ1) is 15.8. The molecule has 0 aromatic rings. The average Bonchev–Trinajstić information content (AvgIpc) is 2.19. The van der Waals surface area contributed by atoms with Crippen molar-refractivity contribution in [3.8, 4) is 0 Å². The third kappa shape index (κ3) is 4.76. The van der Waals surface area contributed by atoms with Crippen molar-refractivity contribution in [3.63, 3.8) is 0 Å². The molecule has 0 unspecified atom stereocenters. The van der Waals surface area contributed by atoms with Crippen molar-refractivity contribution < 1.29 is 36.8 Å². The van der Waals surface area contributed by atoms with Gasteiger partial charge in [-0.2, -0.15) is 8.42 Å². The van der Waals surface area contributed by atoms with Gasteiger partial charge in [-0.05, 0) is 13.8 Å². The highest BCUT2D eigenvalue weighted by Gasteiger charge is 2.41. The van der Waals surface area contributed by atoms with Gasteiger partial charge < -0.3 is 19.7 Å². The fourth-order valence-electron chi connectivity index (χ4n) is 1.69. The summed E-state index contributed by atoms with van der Waals surface area (Å²) < 4.78 is 44.8. The maximum absolute atomic E-state index is 10.6. The quantitative estimate of drug-likeness (QED) is 0.554. The lowest BCUT2D eigenvalue weighted by Crippen LogP contribution is -2.52. The van der Waals surface area contributed by atoms with Crippen molar-refractivity contribution in [2.75, 3.05) is 6.61 Å². The van der Waals surface area contributed by atoms with Gasteiger partial charge in [0.05, 0.1) is 12.7 Å². The van der Waals surface area contributed by atoms with Gasteiger partial charge in [0.1, 0.15) is 18.3 Å². The van der Waals surface area contributed by atoms with Crippen LogP contribution in [0.4, 0.5) is 0 Å². The Morgan fingerprint density at radius 1 is 1.44 bits per heavy atom. The monoisotopic (exact) mass is 286 g/mol. The van der Waals surface area contributed by atoms with Crippen LogP contribution in [0.2, 0.25) is 0 Å². The van der Waals surface area contributed by atoms with Gasteiger partial charge in [-0.3, -0.25) is 4.55 Å². The molecule has 0 aliphatic carbocycles. The predicted molar refractivity (Wildman–Crippen MR) is 59.0 cm³/mol. The zero-order chi connectivity index (χ0) is 13.9. The second-order valence-electron chi connectivity index (χ2n) is 4.26. The van der Waals surface area contributed by atoms with Crippen LogP contribution in [0.15, 0.2) is 0 Å². The fraction of sp³-hybridized carbons (Fsp3) is 1.00. The summed E-state index contributed by atoms with van der Waals surface area (Å²) in [5.74, 6) is 0. The molecule has 18 heavy (non-hydrogen) atoms. The molecule has 1 aliphatic heterocycles. The Balaban J connectivity index is 2.74. The number of ether oxygens (including phenoxy) is 2. The minimum atomic E-state index is -4.69.